The topological polar surface area (TPSA) is 38.7 Å². The number of nitrogens with zero attached hydrogens (tertiary/aromatic N) is 3. The van der Waals surface area contributed by atoms with Crippen LogP contribution in [0.15, 0.2) is 152 Å². The van der Waals surface area contributed by atoms with E-state index < -0.39 is 0 Å². The van der Waals surface area contributed by atoms with Gasteiger partial charge in [-0.15, -0.1) is 0 Å². The average molecular weight is 560 g/mol. The second kappa shape index (κ2) is 9.82. The van der Waals surface area contributed by atoms with E-state index in [1.807, 2.05) is 6.07 Å². The number of hydrogen-bond acceptors (Lipinski definition) is 3. The standard InChI is InChI=1S/C41H25N3/c1-3-12-30-26(9-1)11-7-16-34(30)36-17-8-18-38(42-36)39-24-22-28-20-19-27-21-23-37(43-40(27)41(28)44-39)35-25-29-10-2-4-13-31(29)32-14-5-6-15-33(32)35/h1-25H. The number of fused-ring (bicyclic) bond motifs is 7. The Hall–Kier alpha value is -5.93. The quantitative estimate of drug-likeness (QED) is 0.202. The minimum absolute atomic E-state index is 0.829. The lowest BCUT2D eigenvalue weighted by Crippen LogP contribution is -1.94. The normalized spacial score (nSPS) is 11.6. The molecule has 6 aromatic carbocycles. The molecule has 204 valence electrons. The molecule has 9 rings (SSSR count). The van der Waals surface area contributed by atoms with Crippen molar-refractivity contribution < 1.29 is 0 Å². The van der Waals surface area contributed by atoms with Crippen LogP contribution < -0.4 is 0 Å². The van der Waals surface area contributed by atoms with E-state index in [-0.39, 0.29) is 0 Å². The molecule has 0 aliphatic heterocycles. The average Bonchev–Trinajstić information content (AvgIpc) is 3.10. The van der Waals surface area contributed by atoms with Crippen molar-refractivity contribution in [3.05, 3.63) is 152 Å². The van der Waals surface area contributed by atoms with E-state index in [0.717, 1.165) is 55.7 Å². The Morgan fingerprint density at radius 1 is 0.273 bits per heavy atom. The zero-order valence-corrected chi connectivity index (χ0v) is 23.8. The molecule has 0 radical (unpaired) electrons. The fourth-order valence-corrected chi connectivity index (χ4v) is 6.50. The molecular formula is C41H25N3. The van der Waals surface area contributed by atoms with Gasteiger partial charge < -0.3 is 0 Å². The van der Waals surface area contributed by atoms with Crippen LogP contribution in [0.25, 0.3) is 88.0 Å². The van der Waals surface area contributed by atoms with Gasteiger partial charge in [-0.25, -0.2) is 15.0 Å². The number of rotatable bonds is 3. The minimum Gasteiger partial charge on any atom is -0.246 e. The van der Waals surface area contributed by atoms with Crippen LogP contribution in [0.2, 0.25) is 0 Å². The summed E-state index contributed by atoms with van der Waals surface area (Å²) < 4.78 is 0. The summed E-state index contributed by atoms with van der Waals surface area (Å²) in [6.45, 7) is 0. The van der Waals surface area contributed by atoms with Gasteiger partial charge in [0.25, 0.3) is 0 Å². The monoisotopic (exact) mass is 559 g/mol. The summed E-state index contributed by atoms with van der Waals surface area (Å²) in [5, 5.41) is 9.40. The van der Waals surface area contributed by atoms with Crippen LogP contribution in [0, 0.1) is 0 Å². The Kier molecular flexibility index (Phi) is 5.50. The largest absolute Gasteiger partial charge is 0.246 e. The lowest BCUT2D eigenvalue weighted by molar-refractivity contribution is 1.28. The molecule has 0 aliphatic carbocycles. The van der Waals surface area contributed by atoms with Crippen molar-refractivity contribution in [3.63, 3.8) is 0 Å². The Bertz CT molecular complexity index is 2560. The molecule has 0 atom stereocenters. The molecule has 0 N–H and O–H groups in total. The van der Waals surface area contributed by atoms with Crippen molar-refractivity contribution in [2.24, 2.45) is 0 Å². The Labute approximate surface area is 254 Å². The first-order valence-corrected chi connectivity index (χ1v) is 14.9. The predicted molar refractivity (Wildman–Crippen MR) is 184 cm³/mol. The highest BCUT2D eigenvalue weighted by atomic mass is 14.8. The number of pyridine rings is 3. The molecule has 3 heterocycles. The van der Waals surface area contributed by atoms with Gasteiger partial charge >= 0.3 is 0 Å². The van der Waals surface area contributed by atoms with Crippen LogP contribution in [0.3, 0.4) is 0 Å². The summed E-state index contributed by atoms with van der Waals surface area (Å²) in [7, 11) is 0. The zero-order chi connectivity index (χ0) is 29.0. The molecule has 44 heavy (non-hydrogen) atoms. The molecule has 0 unspecified atom stereocenters. The van der Waals surface area contributed by atoms with Crippen molar-refractivity contribution in [1.29, 1.82) is 0 Å². The molecule has 3 nitrogen and oxygen atoms in total. The van der Waals surface area contributed by atoms with E-state index >= 15 is 0 Å². The van der Waals surface area contributed by atoms with Crippen molar-refractivity contribution in [2.45, 2.75) is 0 Å². The third kappa shape index (κ3) is 3.94. The molecule has 0 saturated carbocycles. The van der Waals surface area contributed by atoms with Gasteiger partial charge in [0.1, 0.15) is 0 Å². The summed E-state index contributed by atoms with van der Waals surface area (Å²) in [6, 6.07) is 53.1. The molecule has 0 bridgehead atoms. The van der Waals surface area contributed by atoms with Gasteiger partial charge in [-0.1, -0.05) is 121 Å². The molecule has 9 aromatic rings. The minimum atomic E-state index is 0.829. The molecule has 0 amide bonds. The molecule has 3 heteroatoms. The molecule has 0 spiro atoms. The van der Waals surface area contributed by atoms with Gasteiger partial charge in [0.05, 0.1) is 33.8 Å². The van der Waals surface area contributed by atoms with Crippen molar-refractivity contribution in [2.75, 3.05) is 0 Å². The number of aromatic nitrogens is 3. The third-order valence-electron chi connectivity index (χ3n) is 8.64. The van der Waals surface area contributed by atoms with Gasteiger partial charge in [0.2, 0.25) is 0 Å². The van der Waals surface area contributed by atoms with Crippen LogP contribution in [0.5, 0.6) is 0 Å². The zero-order valence-electron chi connectivity index (χ0n) is 23.8. The van der Waals surface area contributed by atoms with Gasteiger partial charge in [0, 0.05) is 21.9 Å². The Morgan fingerprint density at radius 2 is 0.795 bits per heavy atom. The first-order valence-electron chi connectivity index (χ1n) is 14.9. The van der Waals surface area contributed by atoms with Crippen molar-refractivity contribution in [1.82, 2.24) is 15.0 Å². The fourth-order valence-electron chi connectivity index (χ4n) is 6.50. The maximum Gasteiger partial charge on any atom is 0.0973 e. The van der Waals surface area contributed by atoms with Crippen LogP contribution in [-0.4, -0.2) is 15.0 Å². The van der Waals surface area contributed by atoms with Crippen LogP contribution in [0.1, 0.15) is 0 Å². The van der Waals surface area contributed by atoms with Gasteiger partial charge in [0.15, 0.2) is 0 Å². The molecule has 0 saturated heterocycles. The Balaban J connectivity index is 1.22. The van der Waals surface area contributed by atoms with Gasteiger partial charge in [-0.3, -0.25) is 0 Å². The van der Waals surface area contributed by atoms with Crippen LogP contribution in [-0.2, 0) is 0 Å². The molecular weight excluding hydrogens is 534 g/mol. The lowest BCUT2D eigenvalue weighted by atomic mass is 9.95. The second-order valence-electron chi connectivity index (χ2n) is 11.2. The van der Waals surface area contributed by atoms with Crippen molar-refractivity contribution in [3.8, 4) is 33.9 Å². The van der Waals surface area contributed by atoms with Crippen LogP contribution in [0.4, 0.5) is 0 Å². The fraction of sp³-hybridized carbons (Fsp3) is 0. The summed E-state index contributed by atoms with van der Waals surface area (Å²) in [5.74, 6) is 0. The highest BCUT2D eigenvalue weighted by Crippen LogP contribution is 2.36. The Morgan fingerprint density at radius 3 is 1.61 bits per heavy atom. The highest BCUT2D eigenvalue weighted by Gasteiger charge is 2.13. The smallest absolute Gasteiger partial charge is 0.0973 e. The number of benzene rings is 6. The lowest BCUT2D eigenvalue weighted by Gasteiger charge is -2.12. The summed E-state index contributed by atoms with van der Waals surface area (Å²) in [5.41, 5.74) is 7.55. The maximum absolute atomic E-state index is 5.28. The summed E-state index contributed by atoms with van der Waals surface area (Å²) >= 11 is 0. The van der Waals surface area contributed by atoms with E-state index in [1.54, 1.807) is 0 Å². The SMILES string of the molecule is c1cc(-c2ccc3ccc4ccc(-c5cc6ccccc6c6ccccc56)nc4c3n2)nc(-c2cccc3ccccc23)c1. The van der Waals surface area contributed by atoms with Gasteiger partial charge in [-0.2, -0.15) is 0 Å². The molecule has 3 aromatic heterocycles. The molecule has 0 fully saturated rings. The molecule has 0 aliphatic rings. The van der Waals surface area contributed by atoms with E-state index in [1.165, 1.54) is 32.3 Å². The highest BCUT2D eigenvalue weighted by molar-refractivity contribution is 6.14. The van der Waals surface area contributed by atoms with E-state index in [2.05, 4.69) is 146 Å². The van der Waals surface area contributed by atoms with E-state index in [0.29, 0.717) is 0 Å². The van der Waals surface area contributed by atoms with E-state index in [4.69, 9.17) is 15.0 Å². The summed E-state index contributed by atoms with van der Waals surface area (Å²) in [4.78, 5) is 15.6. The van der Waals surface area contributed by atoms with Gasteiger partial charge in [-0.05, 0) is 62.6 Å². The van der Waals surface area contributed by atoms with E-state index in [9.17, 15) is 0 Å². The second-order valence-corrected chi connectivity index (χ2v) is 11.2. The first kappa shape index (κ1) is 24.6. The predicted octanol–water partition coefficient (Wildman–Crippen LogP) is 10.6. The summed E-state index contributed by atoms with van der Waals surface area (Å²) in [6.07, 6.45) is 0. The van der Waals surface area contributed by atoms with Crippen LogP contribution >= 0.6 is 0 Å². The first-order chi connectivity index (χ1) is 21.8. The van der Waals surface area contributed by atoms with Crippen molar-refractivity contribution >= 4 is 54.1 Å². The number of hydrogen-bond donors (Lipinski definition) is 0. The third-order valence-corrected chi connectivity index (χ3v) is 8.64. The maximum atomic E-state index is 5.28.